The van der Waals surface area contributed by atoms with Crippen LogP contribution in [-0.2, 0) is 9.59 Å². The van der Waals surface area contributed by atoms with Crippen LogP contribution in [0.15, 0.2) is 24.3 Å². The van der Waals surface area contributed by atoms with Crippen molar-refractivity contribution in [1.29, 1.82) is 0 Å². The fraction of sp³-hybridized carbons (Fsp3) is 0.357. The number of Topliss-reactive ketones (excluding diaryl/α,β-unsaturated/α-hetero) is 1. The van der Waals surface area contributed by atoms with Gasteiger partial charge in [-0.15, -0.1) is 0 Å². The van der Waals surface area contributed by atoms with E-state index in [9.17, 15) is 14.4 Å². The van der Waals surface area contributed by atoms with Crippen molar-refractivity contribution in [3.05, 3.63) is 29.8 Å². The Morgan fingerprint density at radius 2 is 1.90 bits per heavy atom. The number of carbonyl (C=O) groups is 3. The molecule has 0 unspecified atom stereocenters. The summed E-state index contributed by atoms with van der Waals surface area (Å²) in [5.74, 6) is -1.25. The van der Waals surface area contributed by atoms with Gasteiger partial charge in [-0.25, -0.2) is 0 Å². The summed E-state index contributed by atoms with van der Waals surface area (Å²) in [4.78, 5) is 38.7. The second-order valence-corrected chi connectivity index (χ2v) is 4.65. The van der Waals surface area contributed by atoms with Crippen LogP contribution in [0.2, 0.25) is 0 Å². The van der Waals surface area contributed by atoms with Crippen LogP contribution in [0.4, 0.5) is 5.69 Å². The number of anilines is 1. The molecule has 0 bridgehead atoms. The molecular weight excluding hydrogens is 258 g/mol. The molecule has 0 saturated carbocycles. The van der Waals surface area contributed by atoms with E-state index in [2.05, 4.69) is 5.32 Å². The smallest absolute Gasteiger partial charge is 0.316 e. The molecule has 6 heteroatoms. The standard InChI is InChI=1S/C14H17N3O3/c1-15-9-12(18)10-5-3-4-6-11(10)17-8-7-16(2)13(19)14(17)20/h3-6,15H,7-9H2,1-2H3. The van der Waals surface area contributed by atoms with Crippen molar-refractivity contribution >= 4 is 23.3 Å². The van der Waals surface area contributed by atoms with Gasteiger partial charge in [-0.3, -0.25) is 14.4 Å². The molecule has 2 amide bonds. The van der Waals surface area contributed by atoms with E-state index in [4.69, 9.17) is 0 Å². The van der Waals surface area contributed by atoms with Gasteiger partial charge in [0.2, 0.25) is 0 Å². The van der Waals surface area contributed by atoms with Crippen LogP contribution in [0.3, 0.4) is 0 Å². The second kappa shape index (κ2) is 5.83. The first-order valence-electron chi connectivity index (χ1n) is 6.40. The normalized spacial score (nSPS) is 15.7. The van der Waals surface area contributed by atoms with Gasteiger partial charge in [0, 0.05) is 25.7 Å². The van der Waals surface area contributed by atoms with Crippen molar-refractivity contribution in [1.82, 2.24) is 10.2 Å². The molecule has 1 N–H and O–H groups in total. The summed E-state index contributed by atoms with van der Waals surface area (Å²) < 4.78 is 0. The summed E-state index contributed by atoms with van der Waals surface area (Å²) >= 11 is 0. The summed E-state index contributed by atoms with van der Waals surface area (Å²) in [5.41, 5.74) is 0.951. The van der Waals surface area contributed by atoms with E-state index < -0.39 is 11.8 Å². The number of para-hydroxylation sites is 1. The highest BCUT2D eigenvalue weighted by Crippen LogP contribution is 2.23. The van der Waals surface area contributed by atoms with Crippen LogP contribution in [0.5, 0.6) is 0 Å². The van der Waals surface area contributed by atoms with Crippen LogP contribution in [-0.4, -0.2) is 56.2 Å². The van der Waals surface area contributed by atoms with E-state index in [0.717, 1.165) is 0 Å². The summed E-state index contributed by atoms with van der Waals surface area (Å²) in [6.07, 6.45) is 0. The maximum absolute atomic E-state index is 12.1. The van der Waals surface area contributed by atoms with Gasteiger partial charge in [-0.2, -0.15) is 0 Å². The van der Waals surface area contributed by atoms with E-state index >= 15 is 0 Å². The van der Waals surface area contributed by atoms with E-state index in [1.807, 2.05) is 0 Å². The van der Waals surface area contributed by atoms with Crippen molar-refractivity contribution < 1.29 is 14.4 Å². The maximum atomic E-state index is 12.1. The van der Waals surface area contributed by atoms with Crippen molar-refractivity contribution in [2.75, 3.05) is 38.6 Å². The Kier molecular flexibility index (Phi) is 4.14. The number of amides is 2. The van der Waals surface area contributed by atoms with Gasteiger partial charge in [0.1, 0.15) is 0 Å². The van der Waals surface area contributed by atoms with Gasteiger partial charge >= 0.3 is 11.8 Å². The summed E-state index contributed by atoms with van der Waals surface area (Å²) in [6.45, 7) is 1.04. The van der Waals surface area contributed by atoms with Crippen LogP contribution >= 0.6 is 0 Å². The zero-order valence-corrected chi connectivity index (χ0v) is 11.5. The van der Waals surface area contributed by atoms with E-state index in [1.165, 1.54) is 9.80 Å². The molecule has 0 atom stereocenters. The van der Waals surface area contributed by atoms with E-state index in [-0.39, 0.29) is 12.3 Å². The molecule has 0 aromatic heterocycles. The number of hydrogen-bond acceptors (Lipinski definition) is 4. The van der Waals surface area contributed by atoms with E-state index in [0.29, 0.717) is 24.3 Å². The Labute approximate surface area is 117 Å². The molecule has 1 aromatic rings. The molecule has 0 spiro atoms. The molecule has 1 fully saturated rings. The van der Waals surface area contributed by atoms with Gasteiger partial charge in [0.05, 0.1) is 12.2 Å². The number of nitrogens with zero attached hydrogens (tertiary/aromatic N) is 2. The number of carbonyl (C=O) groups excluding carboxylic acids is 3. The highest BCUT2D eigenvalue weighted by atomic mass is 16.2. The maximum Gasteiger partial charge on any atom is 0.316 e. The second-order valence-electron chi connectivity index (χ2n) is 4.65. The zero-order chi connectivity index (χ0) is 14.7. The van der Waals surface area contributed by atoms with Gasteiger partial charge < -0.3 is 15.1 Å². The lowest BCUT2D eigenvalue weighted by atomic mass is 10.1. The fourth-order valence-corrected chi connectivity index (χ4v) is 2.16. The third-order valence-corrected chi connectivity index (χ3v) is 3.27. The molecule has 1 aliphatic rings. The molecule has 20 heavy (non-hydrogen) atoms. The lowest BCUT2D eigenvalue weighted by Gasteiger charge is -2.32. The molecule has 6 nitrogen and oxygen atoms in total. The van der Waals surface area contributed by atoms with Crippen molar-refractivity contribution in [3.8, 4) is 0 Å². The first kappa shape index (κ1) is 14.2. The Morgan fingerprint density at radius 3 is 2.60 bits per heavy atom. The number of hydrogen-bond donors (Lipinski definition) is 1. The predicted molar refractivity (Wildman–Crippen MR) is 74.7 cm³/mol. The fourth-order valence-electron chi connectivity index (χ4n) is 2.16. The van der Waals surface area contributed by atoms with Crippen molar-refractivity contribution in [2.45, 2.75) is 0 Å². The Hall–Kier alpha value is -2.21. The number of piperazine rings is 1. The molecule has 1 aromatic carbocycles. The van der Waals surface area contributed by atoms with Crippen LogP contribution in [0, 0.1) is 0 Å². The number of ketones is 1. The Balaban J connectivity index is 2.36. The van der Waals surface area contributed by atoms with Crippen LogP contribution in [0.25, 0.3) is 0 Å². The minimum Gasteiger partial charge on any atom is -0.336 e. The minimum atomic E-state index is -0.594. The number of likely N-dealkylation sites (N-methyl/N-ethyl adjacent to an activating group) is 2. The third kappa shape index (κ3) is 2.55. The number of nitrogens with one attached hydrogen (secondary N) is 1. The molecule has 0 aliphatic carbocycles. The minimum absolute atomic E-state index is 0.109. The monoisotopic (exact) mass is 275 g/mol. The predicted octanol–water partition coefficient (Wildman–Crippen LogP) is -0.106. The van der Waals surface area contributed by atoms with Crippen LogP contribution < -0.4 is 10.2 Å². The van der Waals surface area contributed by atoms with Crippen LogP contribution in [0.1, 0.15) is 10.4 Å². The molecular formula is C14H17N3O3. The van der Waals surface area contributed by atoms with Crippen molar-refractivity contribution in [3.63, 3.8) is 0 Å². The average Bonchev–Trinajstić information content (AvgIpc) is 2.45. The summed E-state index contributed by atoms with van der Waals surface area (Å²) in [5, 5.41) is 2.79. The Bertz CT molecular complexity index is 556. The highest BCUT2D eigenvalue weighted by molar-refractivity contribution is 6.41. The number of benzene rings is 1. The summed E-state index contributed by atoms with van der Waals surface area (Å²) in [7, 11) is 3.28. The molecule has 0 radical (unpaired) electrons. The lowest BCUT2D eigenvalue weighted by Crippen LogP contribution is -2.53. The molecule has 1 aliphatic heterocycles. The molecule has 106 valence electrons. The van der Waals surface area contributed by atoms with Crippen molar-refractivity contribution in [2.24, 2.45) is 0 Å². The highest BCUT2D eigenvalue weighted by Gasteiger charge is 2.32. The summed E-state index contributed by atoms with van der Waals surface area (Å²) in [6, 6.07) is 6.86. The number of rotatable bonds is 4. The quantitative estimate of drug-likeness (QED) is 0.615. The third-order valence-electron chi connectivity index (χ3n) is 3.27. The first-order chi connectivity index (χ1) is 9.56. The average molecular weight is 275 g/mol. The lowest BCUT2D eigenvalue weighted by molar-refractivity contribution is -0.145. The van der Waals surface area contributed by atoms with Gasteiger partial charge in [0.25, 0.3) is 0 Å². The van der Waals surface area contributed by atoms with E-state index in [1.54, 1.807) is 38.4 Å². The Morgan fingerprint density at radius 1 is 1.20 bits per heavy atom. The molecule has 1 heterocycles. The largest absolute Gasteiger partial charge is 0.336 e. The van der Waals surface area contributed by atoms with Gasteiger partial charge in [-0.1, -0.05) is 12.1 Å². The first-order valence-corrected chi connectivity index (χ1v) is 6.40. The molecule has 1 saturated heterocycles. The van der Waals surface area contributed by atoms with Gasteiger partial charge in [0.15, 0.2) is 5.78 Å². The SMILES string of the molecule is CNCC(=O)c1ccccc1N1CCN(C)C(=O)C1=O. The van der Waals surface area contributed by atoms with Gasteiger partial charge in [-0.05, 0) is 19.2 Å². The molecule has 2 rings (SSSR count). The zero-order valence-electron chi connectivity index (χ0n) is 11.5. The topological polar surface area (TPSA) is 69.7 Å².